The molecule has 0 heterocycles. The third kappa shape index (κ3) is 5.21. The Hall–Kier alpha value is -4.08. The molecule has 212 valence electrons. The van der Waals surface area contributed by atoms with Crippen LogP contribution in [0.2, 0.25) is 0 Å². The molecule has 0 atom stereocenters. The molecular weight excluding hydrogens is 554 g/mol. The van der Waals surface area contributed by atoms with Crippen molar-refractivity contribution in [2.45, 2.75) is 18.5 Å². The molecule has 43 heavy (non-hydrogen) atoms. The van der Waals surface area contributed by atoms with Gasteiger partial charge in [0.15, 0.2) is 0 Å². The van der Waals surface area contributed by atoms with Gasteiger partial charge in [0.05, 0.1) is 0 Å². The zero-order valence-corrected chi connectivity index (χ0v) is 26.4. The molecule has 0 nitrogen and oxygen atoms in total. The van der Waals surface area contributed by atoms with Gasteiger partial charge in [-0.3, -0.25) is 0 Å². The molecule has 2 heteroatoms. The second-order valence-electron chi connectivity index (χ2n) is 11.7. The predicted octanol–water partition coefficient (Wildman–Crippen LogP) is 7.57. The van der Waals surface area contributed by atoms with Crippen LogP contribution in [0.15, 0.2) is 182 Å². The van der Waals surface area contributed by atoms with E-state index in [1.165, 1.54) is 50.2 Å². The van der Waals surface area contributed by atoms with Gasteiger partial charge >= 0.3 is 258 Å². The number of rotatable bonds is 9. The number of benzene rings is 6. The summed E-state index contributed by atoms with van der Waals surface area (Å²) in [5.74, 6) is 2.54. The van der Waals surface area contributed by atoms with Crippen molar-refractivity contribution in [1.29, 1.82) is 0 Å². The Bertz CT molecular complexity index is 1640. The van der Waals surface area contributed by atoms with Gasteiger partial charge in [-0.1, -0.05) is 0 Å². The van der Waals surface area contributed by atoms with E-state index in [0.717, 1.165) is 5.66 Å². The van der Waals surface area contributed by atoms with Crippen molar-refractivity contribution in [2.24, 2.45) is 0 Å². The SMILES string of the molecule is C(=C\[PH](c1ccccc1)(c1ccccc1)c1ccccc1)/c1ccc([PH](c2ccccc2)(c2ccccc2)C2CC2)cc1. The van der Waals surface area contributed by atoms with Crippen LogP contribution in [0, 0.1) is 0 Å². The molecule has 0 radical (unpaired) electrons. The van der Waals surface area contributed by atoms with Crippen molar-refractivity contribution in [3.05, 3.63) is 187 Å². The third-order valence-electron chi connectivity index (χ3n) is 9.23. The Morgan fingerprint density at radius 3 is 1.05 bits per heavy atom. The number of hydrogen-bond acceptors (Lipinski definition) is 0. The van der Waals surface area contributed by atoms with E-state index >= 15 is 0 Å². The zero-order chi connectivity index (χ0) is 29.0. The quantitative estimate of drug-likeness (QED) is 0.152. The van der Waals surface area contributed by atoms with Crippen LogP contribution in [0.3, 0.4) is 0 Å². The molecule has 0 aliphatic heterocycles. The average molecular weight is 593 g/mol. The van der Waals surface area contributed by atoms with Crippen molar-refractivity contribution < 1.29 is 0 Å². The maximum atomic E-state index is 2.54. The van der Waals surface area contributed by atoms with Gasteiger partial charge in [-0.25, -0.2) is 0 Å². The molecular formula is C41H38P2. The first-order chi connectivity index (χ1) is 21.3. The van der Waals surface area contributed by atoms with E-state index < -0.39 is 14.5 Å². The van der Waals surface area contributed by atoms with Gasteiger partial charge in [-0.05, 0) is 0 Å². The van der Waals surface area contributed by atoms with E-state index in [4.69, 9.17) is 0 Å². The van der Waals surface area contributed by atoms with Gasteiger partial charge in [0.1, 0.15) is 0 Å². The second-order valence-corrected chi connectivity index (χ2v) is 19.5. The maximum absolute atomic E-state index is 2.54. The normalized spacial score (nSPS) is 14.4. The summed E-state index contributed by atoms with van der Waals surface area (Å²) in [4.78, 5) is 0. The Labute approximate surface area is 257 Å². The minimum atomic E-state index is -2.44. The molecule has 0 spiro atoms. The Balaban J connectivity index is 1.35. The fourth-order valence-electron chi connectivity index (χ4n) is 7.10. The summed E-state index contributed by atoms with van der Waals surface area (Å²) < 4.78 is 0. The van der Waals surface area contributed by atoms with E-state index in [1.54, 1.807) is 0 Å². The molecule has 0 aromatic heterocycles. The summed E-state index contributed by atoms with van der Waals surface area (Å²) in [7, 11) is -4.59. The van der Waals surface area contributed by atoms with Crippen LogP contribution in [0.25, 0.3) is 6.08 Å². The van der Waals surface area contributed by atoms with Crippen LogP contribution in [0.4, 0.5) is 0 Å². The van der Waals surface area contributed by atoms with E-state index in [2.05, 4.69) is 188 Å². The molecule has 0 bridgehead atoms. The Morgan fingerprint density at radius 2 is 0.698 bits per heavy atom. The van der Waals surface area contributed by atoms with Crippen LogP contribution < -0.4 is 31.8 Å². The fourth-order valence-corrected chi connectivity index (χ4v) is 16.8. The van der Waals surface area contributed by atoms with E-state index in [0.29, 0.717) is 0 Å². The summed E-state index contributed by atoms with van der Waals surface area (Å²) in [6.07, 6.45) is 5.02. The molecule has 6 aromatic rings. The van der Waals surface area contributed by atoms with Crippen LogP contribution in [-0.4, -0.2) is 5.66 Å². The predicted molar refractivity (Wildman–Crippen MR) is 195 cm³/mol. The summed E-state index contributed by atoms with van der Waals surface area (Å²) in [5, 5.41) is 8.75. The fraction of sp³-hybridized carbons (Fsp3) is 0.0732. The van der Waals surface area contributed by atoms with Gasteiger partial charge in [-0.15, -0.1) is 0 Å². The molecule has 0 N–H and O–H groups in total. The van der Waals surface area contributed by atoms with Crippen LogP contribution >= 0.6 is 14.5 Å². The second kappa shape index (κ2) is 12.3. The van der Waals surface area contributed by atoms with Crippen molar-refractivity contribution >= 4 is 52.4 Å². The zero-order valence-electron chi connectivity index (χ0n) is 24.4. The molecule has 1 saturated carbocycles. The van der Waals surface area contributed by atoms with Gasteiger partial charge in [-0.2, -0.15) is 0 Å². The van der Waals surface area contributed by atoms with Crippen LogP contribution in [0.5, 0.6) is 0 Å². The molecule has 7 rings (SSSR count). The average Bonchev–Trinajstić information content (AvgIpc) is 3.95. The van der Waals surface area contributed by atoms with Crippen LogP contribution in [-0.2, 0) is 0 Å². The first-order valence-electron chi connectivity index (χ1n) is 15.4. The standard InChI is InChI=1S/C41H38P2/c1-6-16-35(17-7-1)42(36-18-8-2-9-19-36,37-20-10-3-11-21-37)33-32-34-26-28-40(29-27-34)43(41-30-31-41,38-22-12-4-13-23-38)39-24-14-5-15-25-39/h1-29,32-33,41-43H,30-31H2/b33-32+. The Kier molecular flexibility index (Phi) is 7.91. The monoisotopic (exact) mass is 592 g/mol. The molecule has 0 saturated heterocycles. The Morgan fingerprint density at radius 1 is 0.372 bits per heavy atom. The van der Waals surface area contributed by atoms with Gasteiger partial charge < -0.3 is 0 Å². The summed E-state index contributed by atoms with van der Waals surface area (Å²) in [5.41, 5.74) is 2.00. The van der Waals surface area contributed by atoms with E-state index in [1.807, 2.05) is 0 Å². The number of hydrogen-bond donors (Lipinski definition) is 0. The molecule has 1 fully saturated rings. The molecule has 0 unspecified atom stereocenters. The van der Waals surface area contributed by atoms with Gasteiger partial charge in [0, 0.05) is 0 Å². The van der Waals surface area contributed by atoms with E-state index in [-0.39, 0.29) is 0 Å². The van der Waals surface area contributed by atoms with Crippen molar-refractivity contribution in [2.75, 3.05) is 0 Å². The summed E-state index contributed by atoms with van der Waals surface area (Å²) >= 11 is 0. The first-order valence-corrected chi connectivity index (χ1v) is 19.5. The van der Waals surface area contributed by atoms with E-state index in [9.17, 15) is 0 Å². The van der Waals surface area contributed by atoms with Gasteiger partial charge in [0.2, 0.25) is 0 Å². The summed E-state index contributed by atoms with van der Waals surface area (Å²) in [6, 6.07) is 65.7. The van der Waals surface area contributed by atoms with Crippen molar-refractivity contribution in [1.82, 2.24) is 0 Å². The molecule has 0 amide bonds. The van der Waals surface area contributed by atoms with Crippen LogP contribution in [0.1, 0.15) is 18.4 Å². The first kappa shape index (κ1) is 27.7. The third-order valence-corrected chi connectivity index (χ3v) is 19.2. The molecule has 6 aromatic carbocycles. The summed E-state index contributed by atoms with van der Waals surface area (Å²) in [6.45, 7) is 0. The molecule has 1 aliphatic rings. The topological polar surface area (TPSA) is 0 Å². The van der Waals surface area contributed by atoms with Crippen molar-refractivity contribution in [3.63, 3.8) is 0 Å². The molecule has 1 aliphatic carbocycles. The van der Waals surface area contributed by atoms with Gasteiger partial charge in [0.25, 0.3) is 0 Å². The van der Waals surface area contributed by atoms with Crippen molar-refractivity contribution in [3.8, 4) is 0 Å². The minimum absolute atomic E-state index is 0.744.